The Hall–Kier alpha value is -1.62. The zero-order valence-corrected chi connectivity index (χ0v) is 13.0. The highest BCUT2D eigenvalue weighted by Gasteiger charge is 2.17. The van der Waals surface area contributed by atoms with Crippen LogP contribution in [0.15, 0.2) is 18.2 Å². The Labute approximate surface area is 121 Å². The summed E-state index contributed by atoms with van der Waals surface area (Å²) in [6.07, 6.45) is 0. The lowest BCUT2D eigenvalue weighted by Crippen LogP contribution is -2.40. The molecule has 1 rings (SSSR count). The molecule has 1 aromatic rings. The SMILES string of the molecule is Cc1cccc(NCCN(C(C)C)C(C)C)c1[N+](=O)[O-]. The summed E-state index contributed by atoms with van der Waals surface area (Å²) in [6.45, 7) is 12.0. The molecule has 1 N–H and O–H groups in total. The van der Waals surface area contributed by atoms with Crippen molar-refractivity contribution in [3.05, 3.63) is 33.9 Å². The number of hydrogen-bond acceptors (Lipinski definition) is 4. The Kier molecular flexibility index (Phi) is 5.95. The first-order valence-corrected chi connectivity index (χ1v) is 7.08. The highest BCUT2D eigenvalue weighted by Crippen LogP contribution is 2.27. The summed E-state index contributed by atoms with van der Waals surface area (Å²) in [6, 6.07) is 6.29. The number of anilines is 1. The van der Waals surface area contributed by atoms with Gasteiger partial charge < -0.3 is 5.32 Å². The molecular formula is C15H25N3O2. The Morgan fingerprint density at radius 3 is 2.35 bits per heavy atom. The first kappa shape index (κ1) is 16.4. The third-order valence-corrected chi connectivity index (χ3v) is 3.43. The Bertz CT molecular complexity index is 450. The van der Waals surface area contributed by atoms with Crippen molar-refractivity contribution in [2.24, 2.45) is 0 Å². The highest BCUT2D eigenvalue weighted by molar-refractivity contribution is 5.64. The average Bonchev–Trinajstić information content (AvgIpc) is 2.33. The van der Waals surface area contributed by atoms with Crippen LogP contribution in [0.3, 0.4) is 0 Å². The molecule has 0 aliphatic rings. The van der Waals surface area contributed by atoms with Crippen LogP contribution in [0.5, 0.6) is 0 Å². The van der Waals surface area contributed by atoms with Crippen LogP contribution in [0.4, 0.5) is 11.4 Å². The van der Waals surface area contributed by atoms with Gasteiger partial charge in [0.2, 0.25) is 0 Å². The zero-order chi connectivity index (χ0) is 15.3. The maximum atomic E-state index is 11.1. The first-order valence-electron chi connectivity index (χ1n) is 7.08. The summed E-state index contributed by atoms with van der Waals surface area (Å²) in [7, 11) is 0. The summed E-state index contributed by atoms with van der Waals surface area (Å²) in [5.41, 5.74) is 1.46. The summed E-state index contributed by atoms with van der Waals surface area (Å²) >= 11 is 0. The highest BCUT2D eigenvalue weighted by atomic mass is 16.6. The van der Waals surface area contributed by atoms with Crippen molar-refractivity contribution >= 4 is 11.4 Å². The molecule has 0 unspecified atom stereocenters. The van der Waals surface area contributed by atoms with Crippen LogP contribution in [-0.4, -0.2) is 35.0 Å². The van der Waals surface area contributed by atoms with Gasteiger partial charge in [-0.3, -0.25) is 15.0 Å². The third-order valence-electron chi connectivity index (χ3n) is 3.43. The fourth-order valence-electron chi connectivity index (χ4n) is 2.48. The van der Waals surface area contributed by atoms with E-state index >= 15 is 0 Å². The number of nitro groups is 1. The smallest absolute Gasteiger partial charge is 0.295 e. The van der Waals surface area contributed by atoms with Crippen molar-refractivity contribution < 1.29 is 4.92 Å². The van der Waals surface area contributed by atoms with Crippen molar-refractivity contribution in [1.29, 1.82) is 0 Å². The lowest BCUT2D eigenvalue weighted by molar-refractivity contribution is -0.384. The quantitative estimate of drug-likeness (QED) is 0.613. The van der Waals surface area contributed by atoms with Gasteiger partial charge in [0.15, 0.2) is 0 Å². The molecule has 5 heteroatoms. The number of rotatable bonds is 7. The fraction of sp³-hybridized carbons (Fsp3) is 0.600. The molecule has 0 bridgehead atoms. The average molecular weight is 279 g/mol. The van der Waals surface area contributed by atoms with Crippen LogP contribution in [0.1, 0.15) is 33.3 Å². The van der Waals surface area contributed by atoms with Gasteiger partial charge in [0, 0.05) is 30.7 Å². The second-order valence-corrected chi connectivity index (χ2v) is 5.58. The number of hydrogen-bond donors (Lipinski definition) is 1. The van der Waals surface area contributed by atoms with Gasteiger partial charge in [-0.05, 0) is 40.7 Å². The van der Waals surface area contributed by atoms with E-state index < -0.39 is 0 Å². The summed E-state index contributed by atoms with van der Waals surface area (Å²) < 4.78 is 0. The fourth-order valence-corrected chi connectivity index (χ4v) is 2.48. The standard InChI is InChI=1S/C15H25N3O2/c1-11(2)17(12(3)4)10-9-16-14-8-6-7-13(5)15(14)18(19)20/h6-8,11-12,16H,9-10H2,1-5H3. The zero-order valence-electron chi connectivity index (χ0n) is 13.0. The number of benzene rings is 1. The minimum absolute atomic E-state index is 0.174. The summed E-state index contributed by atoms with van der Waals surface area (Å²) in [4.78, 5) is 13.1. The van der Waals surface area contributed by atoms with E-state index in [1.54, 1.807) is 19.1 Å². The largest absolute Gasteiger partial charge is 0.378 e. The van der Waals surface area contributed by atoms with Gasteiger partial charge >= 0.3 is 0 Å². The van der Waals surface area contributed by atoms with E-state index in [0.717, 1.165) is 6.54 Å². The Morgan fingerprint density at radius 2 is 1.85 bits per heavy atom. The molecule has 0 amide bonds. The predicted octanol–water partition coefficient (Wildman–Crippen LogP) is 3.43. The van der Waals surface area contributed by atoms with Crippen LogP contribution in [0.25, 0.3) is 0 Å². The summed E-state index contributed by atoms with van der Waals surface area (Å²) in [5, 5.41) is 14.3. The molecule has 0 spiro atoms. The van der Waals surface area contributed by atoms with Crippen LogP contribution in [-0.2, 0) is 0 Å². The van der Waals surface area contributed by atoms with Gasteiger partial charge in [0.05, 0.1) is 4.92 Å². The molecule has 0 aliphatic heterocycles. The van der Waals surface area contributed by atoms with Gasteiger partial charge in [-0.1, -0.05) is 12.1 Å². The topological polar surface area (TPSA) is 58.4 Å². The monoisotopic (exact) mass is 279 g/mol. The second-order valence-electron chi connectivity index (χ2n) is 5.58. The Morgan fingerprint density at radius 1 is 1.25 bits per heavy atom. The van der Waals surface area contributed by atoms with E-state index in [4.69, 9.17) is 0 Å². The molecule has 0 saturated heterocycles. The lowest BCUT2D eigenvalue weighted by Gasteiger charge is -2.30. The van der Waals surface area contributed by atoms with E-state index in [-0.39, 0.29) is 10.6 Å². The van der Waals surface area contributed by atoms with Crippen LogP contribution >= 0.6 is 0 Å². The van der Waals surface area contributed by atoms with Crippen molar-refractivity contribution in [3.63, 3.8) is 0 Å². The number of nitrogens with one attached hydrogen (secondary N) is 1. The van der Waals surface area contributed by atoms with Gasteiger partial charge in [-0.25, -0.2) is 0 Å². The number of aryl methyl sites for hydroxylation is 1. The van der Waals surface area contributed by atoms with Crippen molar-refractivity contribution in [3.8, 4) is 0 Å². The van der Waals surface area contributed by atoms with Gasteiger partial charge in [-0.2, -0.15) is 0 Å². The molecule has 0 heterocycles. The molecule has 0 atom stereocenters. The molecular weight excluding hydrogens is 254 g/mol. The van der Waals surface area contributed by atoms with Crippen LogP contribution < -0.4 is 5.32 Å². The van der Waals surface area contributed by atoms with Crippen molar-refractivity contribution in [2.45, 2.75) is 46.7 Å². The molecule has 0 aliphatic carbocycles. The summed E-state index contributed by atoms with van der Waals surface area (Å²) in [5.74, 6) is 0. The normalized spacial score (nSPS) is 11.4. The molecule has 1 aromatic carbocycles. The molecule has 5 nitrogen and oxygen atoms in total. The van der Waals surface area contributed by atoms with Crippen molar-refractivity contribution in [2.75, 3.05) is 18.4 Å². The van der Waals surface area contributed by atoms with Crippen molar-refractivity contribution in [1.82, 2.24) is 4.90 Å². The second kappa shape index (κ2) is 7.24. The maximum absolute atomic E-state index is 11.1. The van der Waals surface area contributed by atoms with Crippen LogP contribution in [0.2, 0.25) is 0 Å². The number of para-hydroxylation sites is 1. The molecule has 0 aromatic heterocycles. The Balaban J connectivity index is 2.71. The van der Waals surface area contributed by atoms with E-state index in [1.807, 2.05) is 6.07 Å². The number of nitrogens with zero attached hydrogens (tertiary/aromatic N) is 2. The van der Waals surface area contributed by atoms with Gasteiger partial charge in [0.25, 0.3) is 5.69 Å². The molecule has 0 fully saturated rings. The van der Waals surface area contributed by atoms with Gasteiger partial charge in [0.1, 0.15) is 5.69 Å². The predicted molar refractivity (Wildman–Crippen MR) is 83.3 cm³/mol. The maximum Gasteiger partial charge on any atom is 0.295 e. The molecule has 0 saturated carbocycles. The van der Waals surface area contributed by atoms with Gasteiger partial charge in [-0.15, -0.1) is 0 Å². The molecule has 112 valence electrons. The third kappa shape index (κ3) is 4.20. The van der Waals surface area contributed by atoms with E-state index in [0.29, 0.717) is 29.9 Å². The van der Waals surface area contributed by atoms with Crippen LogP contribution in [0, 0.1) is 17.0 Å². The minimum atomic E-state index is -0.319. The van der Waals surface area contributed by atoms with E-state index in [2.05, 4.69) is 37.9 Å². The molecule has 20 heavy (non-hydrogen) atoms. The first-order chi connectivity index (χ1) is 9.34. The minimum Gasteiger partial charge on any atom is -0.378 e. The number of nitro benzene ring substituents is 1. The van der Waals surface area contributed by atoms with E-state index in [9.17, 15) is 10.1 Å². The van der Waals surface area contributed by atoms with E-state index in [1.165, 1.54) is 0 Å². The lowest BCUT2D eigenvalue weighted by atomic mass is 10.1. The molecule has 0 radical (unpaired) electrons.